The molecule has 3 rings (SSSR count). The van der Waals surface area contributed by atoms with E-state index in [-0.39, 0.29) is 17.3 Å². The molecule has 5 unspecified atom stereocenters. The highest BCUT2D eigenvalue weighted by Gasteiger charge is 2.72. The third-order valence-corrected chi connectivity index (χ3v) is 7.54. The Kier molecular flexibility index (Phi) is 2.85. The summed E-state index contributed by atoms with van der Waals surface area (Å²) in [5.74, 6) is -0.144. The Bertz CT molecular complexity index is 552. The van der Waals surface area contributed by atoms with E-state index in [0.29, 0.717) is 12.8 Å². The Morgan fingerprint density at radius 1 is 1.45 bits per heavy atom. The van der Waals surface area contributed by atoms with Crippen LogP contribution in [0.15, 0.2) is 0 Å². The first kappa shape index (κ1) is 14.3. The summed E-state index contributed by atoms with van der Waals surface area (Å²) in [6.45, 7) is 7.58. The molecule has 0 amide bonds. The summed E-state index contributed by atoms with van der Waals surface area (Å²) in [7, 11) is -3.49. The molecule has 6 heteroatoms. The quantitative estimate of drug-likeness (QED) is 0.588. The predicted octanol–water partition coefficient (Wildman–Crippen LogP) is 1.86. The number of rotatable bonds is 3. The molecule has 0 N–H and O–H groups in total. The lowest BCUT2D eigenvalue weighted by Gasteiger charge is -2.32. The molecule has 3 aliphatic rings. The summed E-state index contributed by atoms with van der Waals surface area (Å²) >= 11 is 0. The average molecular weight is 302 g/mol. The smallest absolute Gasteiger partial charge is 0.311 e. The van der Waals surface area contributed by atoms with Crippen LogP contribution in [0, 0.1) is 16.7 Å². The Morgan fingerprint density at radius 2 is 2.10 bits per heavy atom. The number of esters is 1. The first-order valence-corrected chi connectivity index (χ1v) is 8.72. The van der Waals surface area contributed by atoms with Crippen molar-refractivity contribution >= 4 is 16.1 Å². The van der Waals surface area contributed by atoms with Gasteiger partial charge in [0.2, 0.25) is 0 Å². The van der Waals surface area contributed by atoms with E-state index in [2.05, 4.69) is 0 Å². The standard InChI is InChI=1S/C14H22O5S/c1-5-13(2,3)12(15)18-10-8-6-9-14(4,7-8)11(10)19-20(9,16)17/h8-11H,5-7H2,1-4H3. The molecule has 0 aromatic rings. The lowest BCUT2D eigenvalue weighted by molar-refractivity contribution is -0.167. The molecule has 114 valence electrons. The van der Waals surface area contributed by atoms with Gasteiger partial charge in [-0.2, -0.15) is 8.42 Å². The zero-order chi connectivity index (χ0) is 14.9. The Labute approximate surface area is 120 Å². The molecule has 2 aliphatic carbocycles. The molecule has 2 saturated carbocycles. The van der Waals surface area contributed by atoms with E-state index in [1.54, 1.807) is 0 Å². The summed E-state index contributed by atoms with van der Waals surface area (Å²) < 4.78 is 35.0. The number of hydrogen-bond acceptors (Lipinski definition) is 5. The molecule has 1 aliphatic heterocycles. The lowest BCUT2D eigenvalue weighted by atomic mass is 9.82. The molecule has 0 spiro atoms. The molecule has 2 bridgehead atoms. The lowest BCUT2D eigenvalue weighted by Crippen LogP contribution is -2.44. The number of hydrogen-bond donors (Lipinski definition) is 0. The van der Waals surface area contributed by atoms with Crippen LogP contribution in [-0.2, 0) is 23.8 Å². The number of fused-ring (bicyclic) bond motifs is 1. The summed E-state index contributed by atoms with van der Waals surface area (Å²) in [5.41, 5.74) is -0.926. The molecule has 0 radical (unpaired) electrons. The SMILES string of the molecule is CCC(C)(C)C(=O)OC1C2CC3C(C)(C2)C1OS3(=O)=O. The zero-order valence-electron chi connectivity index (χ0n) is 12.4. The maximum Gasteiger partial charge on any atom is 0.311 e. The Morgan fingerprint density at radius 3 is 2.70 bits per heavy atom. The minimum Gasteiger partial charge on any atom is -0.459 e. The largest absolute Gasteiger partial charge is 0.459 e. The summed E-state index contributed by atoms with van der Waals surface area (Å²) in [5, 5.41) is -0.417. The van der Waals surface area contributed by atoms with Crippen molar-refractivity contribution in [2.75, 3.05) is 0 Å². The van der Waals surface area contributed by atoms with Crippen molar-refractivity contribution in [1.29, 1.82) is 0 Å². The van der Waals surface area contributed by atoms with Crippen molar-refractivity contribution in [1.82, 2.24) is 0 Å². The average Bonchev–Trinajstić information content (AvgIpc) is 2.85. The molecule has 1 saturated heterocycles. The van der Waals surface area contributed by atoms with Gasteiger partial charge in [0.05, 0.1) is 10.7 Å². The van der Waals surface area contributed by atoms with Crippen molar-refractivity contribution in [2.45, 2.75) is 64.4 Å². The van der Waals surface area contributed by atoms with Crippen molar-refractivity contribution in [3.63, 3.8) is 0 Å². The number of ether oxygens (including phenoxy) is 1. The van der Waals surface area contributed by atoms with E-state index in [1.807, 2.05) is 27.7 Å². The van der Waals surface area contributed by atoms with Crippen LogP contribution in [0.4, 0.5) is 0 Å². The maximum absolute atomic E-state index is 12.2. The van der Waals surface area contributed by atoms with Gasteiger partial charge in [-0.1, -0.05) is 13.8 Å². The van der Waals surface area contributed by atoms with Crippen LogP contribution in [-0.4, -0.2) is 31.8 Å². The van der Waals surface area contributed by atoms with E-state index >= 15 is 0 Å². The van der Waals surface area contributed by atoms with Crippen LogP contribution in [0.25, 0.3) is 0 Å². The molecular formula is C14H22O5S. The van der Waals surface area contributed by atoms with Crippen LogP contribution >= 0.6 is 0 Å². The number of carbonyl (C=O) groups is 1. The summed E-state index contributed by atoms with van der Waals surface area (Å²) in [4.78, 5) is 12.2. The van der Waals surface area contributed by atoms with Crippen molar-refractivity contribution in [2.24, 2.45) is 16.7 Å². The minimum absolute atomic E-state index is 0.115. The van der Waals surface area contributed by atoms with Gasteiger partial charge in [0, 0.05) is 11.3 Å². The van der Waals surface area contributed by atoms with Gasteiger partial charge in [0.15, 0.2) is 0 Å². The summed E-state index contributed by atoms with van der Waals surface area (Å²) in [6, 6.07) is 0. The van der Waals surface area contributed by atoms with Crippen molar-refractivity contribution < 1.29 is 22.1 Å². The van der Waals surface area contributed by atoms with Gasteiger partial charge in [0.1, 0.15) is 12.2 Å². The van der Waals surface area contributed by atoms with E-state index in [1.165, 1.54) is 0 Å². The predicted molar refractivity (Wildman–Crippen MR) is 72.4 cm³/mol. The van der Waals surface area contributed by atoms with Gasteiger partial charge in [-0.05, 0) is 33.1 Å². The second-order valence-electron chi connectivity index (χ2n) is 7.31. The molecule has 3 fully saturated rings. The first-order chi connectivity index (χ1) is 9.12. The molecule has 0 aromatic heterocycles. The zero-order valence-corrected chi connectivity index (χ0v) is 13.2. The molecule has 20 heavy (non-hydrogen) atoms. The Hall–Kier alpha value is -0.620. The minimum atomic E-state index is -3.49. The fraction of sp³-hybridized carbons (Fsp3) is 0.929. The molecular weight excluding hydrogens is 280 g/mol. The van der Waals surface area contributed by atoms with E-state index in [4.69, 9.17) is 8.92 Å². The third-order valence-electron chi connectivity index (χ3n) is 5.63. The highest BCUT2D eigenvalue weighted by molar-refractivity contribution is 7.87. The van der Waals surface area contributed by atoms with Gasteiger partial charge < -0.3 is 4.74 Å². The fourth-order valence-electron chi connectivity index (χ4n) is 3.91. The van der Waals surface area contributed by atoms with Gasteiger partial charge >= 0.3 is 5.97 Å². The maximum atomic E-state index is 12.2. The molecule has 5 atom stereocenters. The molecule has 1 heterocycles. The monoisotopic (exact) mass is 302 g/mol. The van der Waals surface area contributed by atoms with Gasteiger partial charge in [-0.15, -0.1) is 0 Å². The van der Waals surface area contributed by atoms with Crippen LogP contribution in [0.2, 0.25) is 0 Å². The highest BCUT2D eigenvalue weighted by atomic mass is 32.2. The first-order valence-electron chi connectivity index (χ1n) is 7.25. The normalized spacial score (nSPS) is 44.8. The number of carbonyl (C=O) groups excluding carboxylic acids is 1. The molecule has 0 aromatic carbocycles. The molecule has 5 nitrogen and oxygen atoms in total. The second kappa shape index (κ2) is 3.97. The van der Waals surface area contributed by atoms with E-state index in [0.717, 1.165) is 6.42 Å². The fourth-order valence-corrected chi connectivity index (χ4v) is 6.03. The van der Waals surface area contributed by atoms with Crippen LogP contribution in [0.3, 0.4) is 0 Å². The van der Waals surface area contributed by atoms with E-state index < -0.39 is 33.0 Å². The highest BCUT2D eigenvalue weighted by Crippen LogP contribution is 2.63. The van der Waals surface area contributed by atoms with Crippen LogP contribution in [0.1, 0.15) is 47.0 Å². The topological polar surface area (TPSA) is 69.7 Å². The summed E-state index contributed by atoms with van der Waals surface area (Å²) in [6.07, 6.45) is 1.11. The van der Waals surface area contributed by atoms with Gasteiger partial charge in [-0.25, -0.2) is 0 Å². The second-order valence-corrected chi connectivity index (χ2v) is 9.06. The Balaban J connectivity index is 1.84. The van der Waals surface area contributed by atoms with E-state index in [9.17, 15) is 13.2 Å². The third kappa shape index (κ3) is 1.70. The van der Waals surface area contributed by atoms with Gasteiger partial charge in [0.25, 0.3) is 10.1 Å². The van der Waals surface area contributed by atoms with Crippen molar-refractivity contribution in [3.8, 4) is 0 Å². The van der Waals surface area contributed by atoms with Gasteiger partial charge in [-0.3, -0.25) is 8.98 Å². The van der Waals surface area contributed by atoms with Crippen LogP contribution in [0.5, 0.6) is 0 Å². The van der Waals surface area contributed by atoms with Crippen LogP contribution < -0.4 is 0 Å². The van der Waals surface area contributed by atoms with Crippen molar-refractivity contribution in [3.05, 3.63) is 0 Å².